The second kappa shape index (κ2) is 10.7. The molecule has 0 spiro atoms. The van der Waals surface area contributed by atoms with Crippen LogP contribution in [-0.4, -0.2) is 30.4 Å². The third-order valence-electron chi connectivity index (χ3n) is 5.03. The van der Waals surface area contributed by atoms with Gasteiger partial charge >= 0.3 is 10.1 Å². The number of nitrogens with one attached hydrogen (secondary N) is 1. The van der Waals surface area contributed by atoms with Gasteiger partial charge in [0.1, 0.15) is 10.6 Å². The Balaban J connectivity index is 1.56. The summed E-state index contributed by atoms with van der Waals surface area (Å²) in [7, 11) is -4.21. The SMILES string of the molecule is CC(=O)Nc1ccc(S(=O)(=O)Oc2ccccc2/C=C2\SC(=O)N(Cc3ccccc3Br)C2=O)cc1. The molecule has 3 aromatic rings. The summed E-state index contributed by atoms with van der Waals surface area (Å²) in [5.74, 6) is -0.760. The molecule has 1 aliphatic heterocycles. The zero-order chi connectivity index (χ0) is 25.9. The molecule has 0 radical (unpaired) electrons. The first kappa shape index (κ1) is 25.7. The summed E-state index contributed by atoms with van der Waals surface area (Å²) in [5, 5.41) is 2.14. The van der Waals surface area contributed by atoms with Gasteiger partial charge in [-0.1, -0.05) is 52.3 Å². The molecule has 1 fully saturated rings. The zero-order valence-corrected chi connectivity index (χ0v) is 22.0. The molecule has 3 amide bonds. The Hall–Kier alpha value is -3.41. The maximum Gasteiger partial charge on any atom is 0.339 e. The highest BCUT2D eigenvalue weighted by molar-refractivity contribution is 9.10. The number of anilines is 1. The van der Waals surface area contributed by atoms with Crippen LogP contribution in [0, 0.1) is 0 Å². The standard InChI is InChI=1S/C25H19BrN2O6S2/c1-16(29)27-19-10-12-20(13-11-19)36(32,33)34-22-9-5-3-6-17(22)14-23-24(30)28(25(31)35-23)15-18-7-2-4-8-21(18)26/h2-14H,15H2,1H3,(H,27,29)/b23-14-. The number of para-hydroxylation sites is 1. The van der Waals surface area contributed by atoms with E-state index in [1.165, 1.54) is 43.3 Å². The zero-order valence-electron chi connectivity index (χ0n) is 18.8. The number of carbonyl (C=O) groups excluding carboxylic acids is 3. The van der Waals surface area contributed by atoms with E-state index in [9.17, 15) is 22.8 Å². The minimum Gasteiger partial charge on any atom is -0.378 e. The second-order valence-electron chi connectivity index (χ2n) is 7.64. The lowest BCUT2D eigenvalue weighted by Gasteiger charge is -2.13. The van der Waals surface area contributed by atoms with Crippen molar-refractivity contribution in [2.45, 2.75) is 18.4 Å². The first-order valence-electron chi connectivity index (χ1n) is 10.5. The van der Waals surface area contributed by atoms with Gasteiger partial charge in [-0.05, 0) is 59.8 Å². The summed E-state index contributed by atoms with van der Waals surface area (Å²) >= 11 is 4.20. The summed E-state index contributed by atoms with van der Waals surface area (Å²) in [6.07, 6.45) is 1.44. The number of hydrogen-bond acceptors (Lipinski definition) is 7. The van der Waals surface area contributed by atoms with E-state index in [0.29, 0.717) is 11.3 Å². The fourth-order valence-corrected chi connectivity index (χ4v) is 5.52. The first-order valence-corrected chi connectivity index (χ1v) is 13.6. The lowest BCUT2D eigenvalue weighted by molar-refractivity contribution is -0.123. The van der Waals surface area contributed by atoms with Crippen LogP contribution in [0.5, 0.6) is 5.75 Å². The third-order valence-corrected chi connectivity index (χ3v) is 7.96. The van der Waals surface area contributed by atoms with Crippen molar-refractivity contribution in [2.75, 3.05) is 5.32 Å². The Morgan fingerprint density at radius 1 is 1.03 bits per heavy atom. The van der Waals surface area contributed by atoms with E-state index in [1.54, 1.807) is 18.2 Å². The number of carbonyl (C=O) groups is 3. The minimum absolute atomic E-state index is 0.000963. The number of rotatable bonds is 7. The summed E-state index contributed by atoms with van der Waals surface area (Å²) < 4.78 is 31.9. The van der Waals surface area contributed by atoms with Gasteiger partial charge in [-0.3, -0.25) is 19.3 Å². The Labute approximate surface area is 220 Å². The monoisotopic (exact) mass is 586 g/mol. The van der Waals surface area contributed by atoms with Crippen LogP contribution in [0.25, 0.3) is 6.08 Å². The number of imide groups is 1. The van der Waals surface area contributed by atoms with Gasteiger partial charge in [-0.25, -0.2) is 0 Å². The van der Waals surface area contributed by atoms with Gasteiger partial charge in [0.15, 0.2) is 0 Å². The molecule has 1 heterocycles. The molecule has 0 bridgehead atoms. The lowest BCUT2D eigenvalue weighted by atomic mass is 10.2. The Kier molecular flexibility index (Phi) is 7.62. The van der Waals surface area contributed by atoms with Crippen LogP contribution in [-0.2, 0) is 26.3 Å². The molecule has 11 heteroatoms. The van der Waals surface area contributed by atoms with Crippen LogP contribution in [0.15, 0.2) is 87.1 Å². The molecule has 1 N–H and O–H groups in total. The van der Waals surface area contributed by atoms with Gasteiger partial charge < -0.3 is 9.50 Å². The van der Waals surface area contributed by atoms with Crippen molar-refractivity contribution in [1.82, 2.24) is 4.90 Å². The van der Waals surface area contributed by atoms with Crippen molar-refractivity contribution >= 4 is 66.6 Å². The smallest absolute Gasteiger partial charge is 0.339 e. The van der Waals surface area contributed by atoms with Gasteiger partial charge in [0.25, 0.3) is 11.1 Å². The third kappa shape index (κ3) is 5.86. The molecule has 8 nitrogen and oxygen atoms in total. The predicted molar refractivity (Wildman–Crippen MR) is 141 cm³/mol. The summed E-state index contributed by atoms with van der Waals surface area (Å²) in [6, 6.07) is 19.1. The average molecular weight is 587 g/mol. The van der Waals surface area contributed by atoms with Crippen molar-refractivity contribution in [1.29, 1.82) is 0 Å². The summed E-state index contributed by atoms with van der Waals surface area (Å²) in [4.78, 5) is 37.9. The molecule has 1 aliphatic rings. The van der Waals surface area contributed by atoms with Crippen molar-refractivity contribution in [3.8, 4) is 5.75 Å². The molecule has 36 heavy (non-hydrogen) atoms. The van der Waals surface area contributed by atoms with Crippen molar-refractivity contribution in [3.63, 3.8) is 0 Å². The Morgan fingerprint density at radius 3 is 2.39 bits per heavy atom. The quantitative estimate of drug-likeness (QED) is 0.291. The number of thioether (sulfide) groups is 1. The number of amides is 3. The average Bonchev–Trinajstić information content (AvgIpc) is 3.09. The molecular weight excluding hydrogens is 568 g/mol. The first-order chi connectivity index (χ1) is 17.1. The van der Waals surface area contributed by atoms with Crippen molar-refractivity contribution < 1.29 is 27.0 Å². The fourth-order valence-electron chi connectivity index (χ4n) is 3.32. The van der Waals surface area contributed by atoms with Crippen LogP contribution < -0.4 is 9.50 Å². The second-order valence-corrected chi connectivity index (χ2v) is 11.0. The van der Waals surface area contributed by atoms with Crippen LogP contribution in [0.4, 0.5) is 10.5 Å². The van der Waals surface area contributed by atoms with Gasteiger partial charge in [0, 0.05) is 22.6 Å². The van der Waals surface area contributed by atoms with E-state index in [0.717, 1.165) is 26.7 Å². The highest BCUT2D eigenvalue weighted by Gasteiger charge is 2.35. The van der Waals surface area contributed by atoms with Crippen LogP contribution >= 0.6 is 27.7 Å². The van der Waals surface area contributed by atoms with E-state index in [-0.39, 0.29) is 28.0 Å². The Morgan fingerprint density at radius 2 is 1.69 bits per heavy atom. The number of nitrogens with zero attached hydrogens (tertiary/aromatic N) is 1. The number of benzene rings is 3. The van der Waals surface area contributed by atoms with Crippen LogP contribution in [0.1, 0.15) is 18.1 Å². The molecule has 0 aliphatic carbocycles. The van der Waals surface area contributed by atoms with Crippen LogP contribution in [0.3, 0.4) is 0 Å². The van der Waals surface area contributed by atoms with E-state index in [2.05, 4.69) is 21.2 Å². The predicted octanol–water partition coefficient (Wildman–Crippen LogP) is 5.41. The molecule has 4 rings (SSSR count). The lowest BCUT2D eigenvalue weighted by Crippen LogP contribution is -2.27. The molecule has 0 unspecified atom stereocenters. The molecule has 0 aromatic heterocycles. The molecule has 1 saturated heterocycles. The van der Waals surface area contributed by atoms with Crippen LogP contribution in [0.2, 0.25) is 0 Å². The van der Waals surface area contributed by atoms with Gasteiger partial charge in [0.05, 0.1) is 11.4 Å². The van der Waals surface area contributed by atoms with Crippen molar-refractivity contribution in [2.24, 2.45) is 0 Å². The normalized spacial score (nSPS) is 14.8. The van der Waals surface area contributed by atoms with Gasteiger partial charge in [-0.2, -0.15) is 8.42 Å². The number of halogens is 1. The molecular formula is C25H19BrN2O6S2. The molecule has 0 saturated carbocycles. The highest BCUT2D eigenvalue weighted by Crippen LogP contribution is 2.36. The highest BCUT2D eigenvalue weighted by atomic mass is 79.9. The van der Waals surface area contributed by atoms with Crippen molar-refractivity contribution in [3.05, 3.63) is 93.3 Å². The van der Waals surface area contributed by atoms with E-state index >= 15 is 0 Å². The topological polar surface area (TPSA) is 110 Å². The maximum absolute atomic E-state index is 13.0. The molecule has 184 valence electrons. The maximum atomic E-state index is 13.0. The van der Waals surface area contributed by atoms with Gasteiger partial charge in [0.2, 0.25) is 5.91 Å². The summed E-state index contributed by atoms with van der Waals surface area (Å²) in [6.45, 7) is 1.45. The van der Waals surface area contributed by atoms with E-state index < -0.39 is 21.3 Å². The summed E-state index contributed by atoms with van der Waals surface area (Å²) in [5.41, 5.74) is 1.54. The molecule has 0 atom stereocenters. The van der Waals surface area contributed by atoms with E-state index in [1.807, 2.05) is 24.3 Å². The fraction of sp³-hybridized carbons (Fsp3) is 0.0800. The number of hydrogen-bond donors (Lipinski definition) is 1. The van der Waals surface area contributed by atoms with Gasteiger partial charge in [-0.15, -0.1) is 0 Å². The Bertz CT molecular complexity index is 1490. The molecule has 3 aromatic carbocycles. The minimum atomic E-state index is -4.21. The van der Waals surface area contributed by atoms with E-state index in [4.69, 9.17) is 4.18 Å². The largest absolute Gasteiger partial charge is 0.378 e.